The number of nitriles is 1. The van der Waals surface area contributed by atoms with Gasteiger partial charge in [-0.05, 0) is 48.7 Å². The number of nitrogens with zero attached hydrogens (tertiary/aromatic N) is 1. The van der Waals surface area contributed by atoms with Crippen molar-refractivity contribution >= 4 is 21.4 Å². The SMILES string of the molecule is CCOC[C@@]1(C#N)[C@H](S(=O)(=O)c2ccc(Cl)cc2)[C@@H]1c1ccc(CC)cc1. The Kier molecular flexibility index (Phi) is 5.62. The van der Waals surface area contributed by atoms with Crippen LogP contribution in [-0.2, 0) is 21.0 Å². The Balaban J connectivity index is 2.04. The molecule has 27 heavy (non-hydrogen) atoms. The van der Waals surface area contributed by atoms with E-state index in [-0.39, 0.29) is 11.5 Å². The summed E-state index contributed by atoms with van der Waals surface area (Å²) < 4.78 is 32.1. The first kappa shape index (κ1) is 19.9. The maximum absolute atomic E-state index is 13.3. The Morgan fingerprint density at radius 2 is 1.74 bits per heavy atom. The van der Waals surface area contributed by atoms with Gasteiger partial charge in [-0.3, -0.25) is 0 Å². The van der Waals surface area contributed by atoms with Gasteiger partial charge in [0.15, 0.2) is 9.84 Å². The third-order valence-electron chi connectivity index (χ3n) is 5.23. The highest BCUT2D eigenvalue weighted by atomic mass is 35.5. The van der Waals surface area contributed by atoms with Crippen LogP contribution in [-0.4, -0.2) is 26.9 Å². The number of benzene rings is 2. The Labute approximate surface area is 165 Å². The largest absolute Gasteiger partial charge is 0.380 e. The molecule has 1 aliphatic carbocycles. The van der Waals surface area contributed by atoms with Gasteiger partial charge in [0.1, 0.15) is 5.41 Å². The van der Waals surface area contributed by atoms with E-state index in [1.54, 1.807) is 12.1 Å². The smallest absolute Gasteiger partial charge is 0.183 e. The summed E-state index contributed by atoms with van der Waals surface area (Å²) >= 11 is 5.89. The van der Waals surface area contributed by atoms with Gasteiger partial charge in [0.2, 0.25) is 0 Å². The highest BCUT2D eigenvalue weighted by Crippen LogP contribution is 2.63. The lowest BCUT2D eigenvalue weighted by atomic mass is 10.00. The second-order valence-corrected chi connectivity index (χ2v) is 9.29. The molecule has 0 heterocycles. The maximum atomic E-state index is 13.3. The van der Waals surface area contributed by atoms with Crippen LogP contribution in [0.2, 0.25) is 5.02 Å². The molecule has 2 aromatic carbocycles. The molecule has 1 aliphatic rings. The minimum Gasteiger partial charge on any atom is -0.380 e. The van der Waals surface area contributed by atoms with Crippen LogP contribution in [0.5, 0.6) is 0 Å². The predicted molar refractivity (Wildman–Crippen MR) is 106 cm³/mol. The van der Waals surface area contributed by atoms with Crippen molar-refractivity contribution < 1.29 is 13.2 Å². The van der Waals surface area contributed by atoms with Crippen LogP contribution in [0.15, 0.2) is 53.4 Å². The van der Waals surface area contributed by atoms with Gasteiger partial charge in [0.05, 0.1) is 22.8 Å². The van der Waals surface area contributed by atoms with Gasteiger partial charge >= 0.3 is 0 Å². The number of hydrogen-bond donors (Lipinski definition) is 0. The van der Waals surface area contributed by atoms with E-state index in [1.165, 1.54) is 17.7 Å². The number of sulfone groups is 1. The molecule has 0 aliphatic heterocycles. The lowest BCUT2D eigenvalue weighted by Gasteiger charge is -2.10. The summed E-state index contributed by atoms with van der Waals surface area (Å²) in [6.45, 7) is 4.42. The Bertz CT molecular complexity index is 948. The monoisotopic (exact) mass is 403 g/mol. The first-order valence-electron chi connectivity index (χ1n) is 8.98. The number of rotatable bonds is 7. The fourth-order valence-corrected chi connectivity index (χ4v) is 6.11. The average molecular weight is 404 g/mol. The maximum Gasteiger partial charge on any atom is 0.183 e. The van der Waals surface area contributed by atoms with Crippen molar-refractivity contribution in [1.29, 1.82) is 5.26 Å². The summed E-state index contributed by atoms with van der Waals surface area (Å²) in [4.78, 5) is 0.181. The summed E-state index contributed by atoms with van der Waals surface area (Å²) in [5.74, 6) is -0.416. The van der Waals surface area contributed by atoms with E-state index in [1.807, 2.05) is 31.2 Å². The lowest BCUT2D eigenvalue weighted by molar-refractivity contribution is 0.117. The molecule has 0 saturated heterocycles. The summed E-state index contributed by atoms with van der Waals surface area (Å²) in [6, 6.07) is 16.2. The number of aryl methyl sites for hydroxylation is 1. The van der Waals surface area contributed by atoms with E-state index in [0.29, 0.717) is 11.6 Å². The van der Waals surface area contributed by atoms with Crippen LogP contribution in [0.25, 0.3) is 0 Å². The van der Waals surface area contributed by atoms with Crippen molar-refractivity contribution in [1.82, 2.24) is 0 Å². The molecular weight excluding hydrogens is 382 g/mol. The minimum atomic E-state index is -3.71. The van der Waals surface area contributed by atoms with Crippen molar-refractivity contribution in [3.63, 3.8) is 0 Å². The third kappa shape index (κ3) is 3.50. The van der Waals surface area contributed by atoms with Crippen LogP contribution in [0.3, 0.4) is 0 Å². The summed E-state index contributed by atoms with van der Waals surface area (Å²) in [5, 5.41) is 9.56. The van der Waals surface area contributed by atoms with Gasteiger partial charge < -0.3 is 4.74 Å². The molecule has 0 bridgehead atoms. The van der Waals surface area contributed by atoms with Crippen LogP contribution in [0, 0.1) is 16.7 Å². The zero-order chi connectivity index (χ0) is 19.7. The van der Waals surface area contributed by atoms with Crippen LogP contribution in [0.4, 0.5) is 0 Å². The van der Waals surface area contributed by atoms with Crippen molar-refractivity contribution in [3.8, 4) is 6.07 Å². The second kappa shape index (κ2) is 7.63. The molecule has 142 valence electrons. The molecule has 1 fully saturated rings. The molecular formula is C21H22ClNO3S. The highest BCUT2D eigenvalue weighted by Gasteiger charge is 2.72. The van der Waals surface area contributed by atoms with E-state index >= 15 is 0 Å². The molecule has 0 aromatic heterocycles. The summed E-state index contributed by atoms with van der Waals surface area (Å²) in [7, 11) is -3.71. The van der Waals surface area contributed by atoms with Crippen LogP contribution < -0.4 is 0 Å². The molecule has 4 nitrogen and oxygen atoms in total. The molecule has 6 heteroatoms. The summed E-state index contributed by atoms with van der Waals surface area (Å²) in [5.41, 5.74) is 0.947. The molecule has 3 atom stereocenters. The van der Waals surface area contributed by atoms with Gasteiger partial charge in [-0.2, -0.15) is 5.26 Å². The van der Waals surface area contributed by atoms with Gasteiger partial charge in [-0.1, -0.05) is 42.8 Å². The standard InChI is InChI=1S/C21H22ClNO3S/c1-3-15-5-7-16(8-6-15)19-20(21(19,13-23)14-26-4-2)27(24,25)18-11-9-17(22)10-12-18/h5-12,19-20H,3-4,14H2,1-2H3/t19-,20+,21+/m0/s1. The van der Waals surface area contributed by atoms with E-state index < -0.39 is 26.4 Å². The topological polar surface area (TPSA) is 67.2 Å². The van der Waals surface area contributed by atoms with Gasteiger partial charge in [-0.15, -0.1) is 0 Å². The van der Waals surface area contributed by atoms with E-state index in [2.05, 4.69) is 13.0 Å². The molecule has 0 amide bonds. The quantitative estimate of drug-likeness (QED) is 0.687. The first-order valence-corrected chi connectivity index (χ1v) is 10.9. The lowest BCUT2D eigenvalue weighted by Crippen LogP contribution is -2.19. The van der Waals surface area contributed by atoms with Crippen LogP contribution in [0.1, 0.15) is 30.9 Å². The van der Waals surface area contributed by atoms with Gasteiger partial charge in [0, 0.05) is 17.5 Å². The Morgan fingerprint density at radius 3 is 2.26 bits per heavy atom. The average Bonchev–Trinajstić information content (AvgIpc) is 3.37. The van der Waals surface area contributed by atoms with E-state index in [0.717, 1.165) is 12.0 Å². The van der Waals surface area contributed by atoms with Crippen molar-refractivity contribution in [3.05, 3.63) is 64.7 Å². The van der Waals surface area contributed by atoms with Crippen LogP contribution >= 0.6 is 11.6 Å². The van der Waals surface area contributed by atoms with Gasteiger partial charge in [0.25, 0.3) is 0 Å². The number of ether oxygens (including phenoxy) is 1. The van der Waals surface area contributed by atoms with Crippen molar-refractivity contribution in [2.24, 2.45) is 5.41 Å². The molecule has 0 N–H and O–H groups in total. The zero-order valence-corrected chi connectivity index (χ0v) is 16.9. The predicted octanol–water partition coefficient (Wildman–Crippen LogP) is 4.39. The Hall–Kier alpha value is -1.87. The van der Waals surface area contributed by atoms with E-state index in [4.69, 9.17) is 16.3 Å². The summed E-state index contributed by atoms with van der Waals surface area (Å²) in [6.07, 6.45) is 0.903. The van der Waals surface area contributed by atoms with Crippen molar-refractivity contribution in [2.75, 3.05) is 13.2 Å². The van der Waals surface area contributed by atoms with Crippen molar-refractivity contribution in [2.45, 2.75) is 36.3 Å². The molecule has 0 unspecified atom stereocenters. The number of hydrogen-bond acceptors (Lipinski definition) is 4. The first-order chi connectivity index (χ1) is 12.9. The molecule has 1 saturated carbocycles. The fourth-order valence-electron chi connectivity index (χ4n) is 3.67. The normalized spacial score (nSPS) is 24.4. The minimum absolute atomic E-state index is 0.0949. The molecule has 0 radical (unpaired) electrons. The second-order valence-electron chi connectivity index (χ2n) is 6.78. The zero-order valence-electron chi connectivity index (χ0n) is 15.4. The Morgan fingerprint density at radius 1 is 1.11 bits per heavy atom. The van der Waals surface area contributed by atoms with Gasteiger partial charge in [-0.25, -0.2) is 8.42 Å². The molecule has 3 rings (SSSR count). The van der Waals surface area contributed by atoms with E-state index in [9.17, 15) is 13.7 Å². The number of halogens is 1. The molecule has 0 spiro atoms. The third-order valence-corrected chi connectivity index (χ3v) is 7.78. The highest BCUT2D eigenvalue weighted by molar-refractivity contribution is 7.92. The fraction of sp³-hybridized carbons (Fsp3) is 0.381. The molecule has 2 aromatic rings.